The highest BCUT2D eigenvalue weighted by atomic mass is 14.9. The minimum atomic E-state index is 0.679. The van der Waals surface area contributed by atoms with Crippen LogP contribution in [-0.2, 0) is 0 Å². The van der Waals surface area contributed by atoms with E-state index in [1.807, 2.05) is 0 Å². The molecule has 0 bridgehead atoms. The lowest BCUT2D eigenvalue weighted by molar-refractivity contribution is 0.462. The number of rotatable bonds is 2. The van der Waals surface area contributed by atoms with Gasteiger partial charge in [0.05, 0.1) is 0 Å². The number of piperidine rings is 1. The van der Waals surface area contributed by atoms with E-state index in [1.165, 1.54) is 47.6 Å². The second-order valence-electron chi connectivity index (χ2n) is 6.41. The molecule has 0 saturated carbocycles. The molecule has 0 aromatic heterocycles. The third-order valence-corrected chi connectivity index (χ3v) is 5.02. The van der Waals surface area contributed by atoms with E-state index in [2.05, 4.69) is 59.9 Å². The van der Waals surface area contributed by atoms with Crippen LogP contribution in [0.1, 0.15) is 42.7 Å². The second kappa shape index (κ2) is 6.10. The summed E-state index contributed by atoms with van der Waals surface area (Å²) in [7, 11) is 0. The molecule has 1 heteroatoms. The first kappa shape index (κ1) is 13.8. The number of benzene rings is 2. The van der Waals surface area contributed by atoms with Gasteiger partial charge in [-0.15, -0.1) is 0 Å². The molecule has 1 aliphatic heterocycles. The molecular formula is C21H23N. The maximum atomic E-state index is 3.50. The van der Waals surface area contributed by atoms with Crippen molar-refractivity contribution in [3.05, 3.63) is 65.8 Å². The normalized spacial score (nSPS) is 19.4. The molecule has 1 nitrogen and oxygen atoms in total. The number of hydrogen-bond donors (Lipinski definition) is 1. The Bertz CT molecular complexity index is 733. The summed E-state index contributed by atoms with van der Waals surface area (Å²) < 4.78 is 0. The van der Waals surface area contributed by atoms with Crippen molar-refractivity contribution >= 4 is 16.3 Å². The van der Waals surface area contributed by atoms with Crippen molar-refractivity contribution in [2.75, 3.05) is 13.1 Å². The fraction of sp³-hybridized carbons (Fsp3) is 0.333. The molecule has 1 heterocycles. The lowest BCUT2D eigenvalue weighted by Gasteiger charge is -2.27. The molecule has 4 rings (SSSR count). The molecule has 2 aromatic carbocycles. The van der Waals surface area contributed by atoms with Crippen molar-refractivity contribution < 1.29 is 0 Å². The highest BCUT2D eigenvalue weighted by Gasteiger charge is 2.21. The molecule has 22 heavy (non-hydrogen) atoms. The molecule has 2 aromatic rings. The Morgan fingerprint density at radius 3 is 2.59 bits per heavy atom. The lowest BCUT2D eigenvalue weighted by Crippen LogP contribution is -2.27. The van der Waals surface area contributed by atoms with Crippen LogP contribution in [0.15, 0.2) is 54.6 Å². The van der Waals surface area contributed by atoms with Crippen molar-refractivity contribution in [2.45, 2.75) is 31.6 Å². The Hall–Kier alpha value is -1.86. The van der Waals surface area contributed by atoms with Crippen molar-refractivity contribution in [2.24, 2.45) is 0 Å². The highest BCUT2D eigenvalue weighted by Crippen LogP contribution is 2.38. The van der Waals surface area contributed by atoms with Crippen molar-refractivity contribution in [1.82, 2.24) is 5.32 Å². The van der Waals surface area contributed by atoms with Crippen molar-refractivity contribution in [1.29, 1.82) is 0 Å². The monoisotopic (exact) mass is 289 g/mol. The van der Waals surface area contributed by atoms with Gasteiger partial charge in [0.25, 0.3) is 0 Å². The van der Waals surface area contributed by atoms with E-state index in [1.54, 1.807) is 5.56 Å². The number of hydrogen-bond acceptors (Lipinski definition) is 1. The van der Waals surface area contributed by atoms with Gasteiger partial charge < -0.3 is 5.32 Å². The van der Waals surface area contributed by atoms with Gasteiger partial charge in [-0.2, -0.15) is 0 Å². The van der Waals surface area contributed by atoms with Crippen molar-refractivity contribution in [3.8, 4) is 0 Å². The van der Waals surface area contributed by atoms with E-state index in [0.717, 1.165) is 13.1 Å². The van der Waals surface area contributed by atoms with E-state index < -0.39 is 0 Å². The molecule has 112 valence electrons. The molecule has 0 unspecified atom stereocenters. The maximum absolute atomic E-state index is 3.50. The summed E-state index contributed by atoms with van der Waals surface area (Å²) in [6.45, 7) is 2.28. The number of allylic oxidation sites excluding steroid dienone is 4. The smallest absolute Gasteiger partial charge is 0.00431 e. The van der Waals surface area contributed by atoms with Gasteiger partial charge in [-0.05, 0) is 72.2 Å². The fourth-order valence-corrected chi connectivity index (χ4v) is 3.91. The van der Waals surface area contributed by atoms with Crippen LogP contribution < -0.4 is 5.32 Å². The predicted molar refractivity (Wildman–Crippen MR) is 95.1 cm³/mol. The molecule has 1 fully saturated rings. The van der Waals surface area contributed by atoms with Crippen LogP contribution in [0.25, 0.3) is 16.3 Å². The zero-order valence-corrected chi connectivity index (χ0v) is 13.0. The SMILES string of the molecule is C1=CC(c2ccc3ccccc3c2C2CCNCC2)=CCC1. The van der Waals surface area contributed by atoms with Crippen LogP contribution in [0.5, 0.6) is 0 Å². The van der Waals surface area contributed by atoms with Gasteiger partial charge in [0.1, 0.15) is 0 Å². The van der Waals surface area contributed by atoms with Gasteiger partial charge in [-0.1, -0.05) is 54.6 Å². The quantitative estimate of drug-likeness (QED) is 0.816. The average molecular weight is 289 g/mol. The van der Waals surface area contributed by atoms with Gasteiger partial charge in [0, 0.05) is 0 Å². The third-order valence-electron chi connectivity index (χ3n) is 5.02. The summed E-state index contributed by atoms with van der Waals surface area (Å²) in [4.78, 5) is 0. The number of fused-ring (bicyclic) bond motifs is 1. The van der Waals surface area contributed by atoms with E-state index in [-0.39, 0.29) is 0 Å². The summed E-state index contributed by atoms with van der Waals surface area (Å²) in [5.74, 6) is 0.679. The molecule has 0 amide bonds. The topological polar surface area (TPSA) is 12.0 Å². The largest absolute Gasteiger partial charge is 0.317 e. The Morgan fingerprint density at radius 2 is 1.77 bits per heavy atom. The standard InChI is InChI=1S/C21H23N/c1-2-6-16(7-3-1)20-11-10-17-8-4-5-9-19(17)21(20)18-12-14-22-15-13-18/h2,4-11,18,22H,1,3,12-15H2. The minimum absolute atomic E-state index is 0.679. The van der Waals surface area contributed by atoms with E-state index in [9.17, 15) is 0 Å². The third kappa shape index (κ3) is 2.50. The first-order chi connectivity index (χ1) is 10.9. The number of nitrogens with one attached hydrogen (secondary N) is 1. The zero-order valence-electron chi connectivity index (χ0n) is 13.0. The van der Waals surface area contributed by atoms with Gasteiger partial charge >= 0.3 is 0 Å². The Balaban J connectivity index is 1.91. The summed E-state index contributed by atoms with van der Waals surface area (Å²) in [5.41, 5.74) is 4.46. The van der Waals surface area contributed by atoms with Crippen LogP contribution in [0.3, 0.4) is 0 Å². The molecule has 1 saturated heterocycles. The van der Waals surface area contributed by atoms with Crippen LogP contribution in [-0.4, -0.2) is 13.1 Å². The maximum Gasteiger partial charge on any atom is -0.00431 e. The van der Waals surface area contributed by atoms with Crippen LogP contribution in [0.4, 0.5) is 0 Å². The zero-order chi connectivity index (χ0) is 14.8. The average Bonchev–Trinajstić information content (AvgIpc) is 2.62. The van der Waals surface area contributed by atoms with Gasteiger partial charge in [-0.3, -0.25) is 0 Å². The van der Waals surface area contributed by atoms with Crippen LogP contribution >= 0.6 is 0 Å². The Labute approximate surface area is 132 Å². The minimum Gasteiger partial charge on any atom is -0.317 e. The summed E-state index contributed by atoms with van der Waals surface area (Å²) in [6, 6.07) is 13.5. The molecule has 2 aliphatic rings. The van der Waals surface area contributed by atoms with Gasteiger partial charge in [0.15, 0.2) is 0 Å². The summed E-state index contributed by atoms with van der Waals surface area (Å²) >= 11 is 0. The Kier molecular flexibility index (Phi) is 3.82. The molecule has 0 atom stereocenters. The van der Waals surface area contributed by atoms with Gasteiger partial charge in [0.2, 0.25) is 0 Å². The van der Waals surface area contributed by atoms with Crippen LogP contribution in [0.2, 0.25) is 0 Å². The van der Waals surface area contributed by atoms with Crippen LogP contribution in [0, 0.1) is 0 Å². The van der Waals surface area contributed by atoms with Crippen molar-refractivity contribution in [3.63, 3.8) is 0 Å². The molecule has 0 spiro atoms. The Morgan fingerprint density at radius 1 is 0.909 bits per heavy atom. The predicted octanol–water partition coefficient (Wildman–Crippen LogP) is 5.04. The van der Waals surface area contributed by atoms with E-state index in [0.29, 0.717) is 5.92 Å². The van der Waals surface area contributed by atoms with Gasteiger partial charge in [-0.25, -0.2) is 0 Å². The highest BCUT2D eigenvalue weighted by molar-refractivity contribution is 5.92. The first-order valence-electron chi connectivity index (χ1n) is 8.53. The molecule has 1 N–H and O–H groups in total. The molecular weight excluding hydrogens is 266 g/mol. The van der Waals surface area contributed by atoms with E-state index >= 15 is 0 Å². The summed E-state index contributed by atoms with van der Waals surface area (Å²) in [5, 5.41) is 6.33. The second-order valence-corrected chi connectivity index (χ2v) is 6.41. The first-order valence-corrected chi connectivity index (χ1v) is 8.53. The molecule has 1 aliphatic carbocycles. The van der Waals surface area contributed by atoms with E-state index in [4.69, 9.17) is 0 Å². The molecule has 0 radical (unpaired) electrons. The summed E-state index contributed by atoms with van der Waals surface area (Å²) in [6.07, 6.45) is 11.9. The fourth-order valence-electron chi connectivity index (χ4n) is 3.91. The lowest BCUT2D eigenvalue weighted by atomic mass is 9.81.